The molecule has 0 unspecified atom stereocenters. The number of carbonyl (C=O) groups excluding carboxylic acids is 3. The lowest BCUT2D eigenvalue weighted by Crippen LogP contribution is -2.21. The van der Waals surface area contributed by atoms with E-state index < -0.39 is 23.8 Å². The molecule has 5 aliphatic rings. The number of hydrogen-bond acceptors (Lipinski definition) is 10. The summed E-state index contributed by atoms with van der Waals surface area (Å²) in [5, 5.41) is 12.8. The first-order valence-electron chi connectivity index (χ1n) is 23.7. The highest BCUT2D eigenvalue weighted by Crippen LogP contribution is 2.47. The van der Waals surface area contributed by atoms with Gasteiger partial charge in [-0.05, 0) is 105 Å². The van der Waals surface area contributed by atoms with Crippen molar-refractivity contribution in [3.05, 3.63) is 133 Å². The highest BCUT2D eigenvalue weighted by molar-refractivity contribution is 6.27. The van der Waals surface area contributed by atoms with Gasteiger partial charge in [0.15, 0.2) is 0 Å². The summed E-state index contributed by atoms with van der Waals surface area (Å²) in [6.45, 7) is 25.2. The normalized spacial score (nSPS) is 18.9. The van der Waals surface area contributed by atoms with Crippen molar-refractivity contribution in [2.45, 2.75) is 113 Å². The Morgan fingerprint density at radius 3 is 2.13 bits per heavy atom. The Balaban J connectivity index is 1.29. The van der Waals surface area contributed by atoms with E-state index in [2.05, 4.69) is 52.8 Å². The molecule has 2 N–H and O–H groups in total. The molecule has 0 amide bonds. The van der Waals surface area contributed by atoms with E-state index in [0.29, 0.717) is 84.3 Å². The van der Waals surface area contributed by atoms with E-state index in [1.165, 1.54) is 70.8 Å². The molecule has 0 saturated carbocycles. The quantitative estimate of drug-likeness (QED) is 0.0572. The van der Waals surface area contributed by atoms with E-state index in [4.69, 9.17) is 29.2 Å². The minimum Gasteiger partial charge on any atom is -0.510 e. The molecule has 4 aliphatic heterocycles. The van der Waals surface area contributed by atoms with E-state index >= 15 is 0 Å². The first kappa shape index (κ1) is 50.1. The lowest BCUT2D eigenvalue weighted by molar-refractivity contribution is -0.143. The van der Waals surface area contributed by atoms with Crippen LogP contribution in [-0.2, 0) is 23.8 Å². The molecular weight excluding hydrogens is 841 g/mol. The third-order valence-corrected chi connectivity index (χ3v) is 13.5. The second kappa shape index (κ2) is 22.0. The summed E-state index contributed by atoms with van der Waals surface area (Å²) in [5.74, 6) is -1.03. The number of nitrogens with zero attached hydrogens (tertiary/aromatic N) is 3. The van der Waals surface area contributed by atoms with Crippen molar-refractivity contribution in [1.82, 2.24) is 4.98 Å². The van der Waals surface area contributed by atoms with Crippen LogP contribution in [0.5, 0.6) is 0 Å². The number of fused-ring (bicyclic) bond motifs is 5. The molecule has 0 radical (unpaired) electrons. The predicted octanol–water partition coefficient (Wildman–Crippen LogP) is 10.7. The molecule has 6 rings (SSSR count). The number of aliphatic hydroxyl groups excluding tert-OH is 1. The van der Waals surface area contributed by atoms with E-state index in [9.17, 15) is 19.5 Å². The number of aromatic nitrogens is 1. The largest absolute Gasteiger partial charge is 0.510 e. The molecule has 8 bridgehead atoms. The van der Waals surface area contributed by atoms with Crippen LogP contribution in [0.2, 0.25) is 0 Å². The van der Waals surface area contributed by atoms with Crippen molar-refractivity contribution >= 4 is 53.3 Å². The van der Waals surface area contributed by atoms with Crippen LogP contribution in [0.25, 0.3) is 18.2 Å². The molecule has 0 aromatic carbocycles. The maximum Gasteiger partial charge on any atom is 0.340 e. The monoisotopic (exact) mass is 909 g/mol. The van der Waals surface area contributed by atoms with Gasteiger partial charge in [0.25, 0.3) is 0 Å². The first-order valence-corrected chi connectivity index (χ1v) is 23.7. The minimum absolute atomic E-state index is 0.136. The fourth-order valence-corrected chi connectivity index (χ4v) is 9.46. The number of methoxy groups -OCH3 is 2. The van der Waals surface area contributed by atoms with Crippen molar-refractivity contribution in [1.29, 1.82) is 0 Å². The van der Waals surface area contributed by atoms with Crippen molar-refractivity contribution in [3.63, 3.8) is 0 Å². The Bertz CT molecular complexity index is 2730. The van der Waals surface area contributed by atoms with Crippen molar-refractivity contribution in [3.8, 4) is 0 Å². The van der Waals surface area contributed by atoms with Crippen molar-refractivity contribution < 1.29 is 33.7 Å². The molecule has 1 aromatic rings. The second-order valence-corrected chi connectivity index (χ2v) is 18.9. The smallest absolute Gasteiger partial charge is 0.340 e. The standard InChI is InChI=1S/C56H68N4O7/c1-13-38-35(8)41-28-42-36(9)40(24-25-47(61)67-27-26-34(7)23-17-22-33(6)21-16-20-32(5)19-15-18-31(3)4)52(59-42)50-51(56(64)66-12)54(62)48-37(10)43(60-53(48)50)29-45-39(14-2)49(55(63)65-11)46(58-45)30-44(38)57-41/h13-14,24-26,28-33,51,58,62H,1-2,15-23,27H2,3-12H3/b25-24+,34-26+,41-28?,45-29?,46-30?,52-50?/t32-,33-,51-/m1/s1. The van der Waals surface area contributed by atoms with E-state index in [1.807, 2.05) is 26.0 Å². The zero-order valence-corrected chi connectivity index (χ0v) is 41.2. The fraction of sp³-hybridized carbons (Fsp3) is 0.429. The molecule has 0 fully saturated rings. The molecule has 3 atom stereocenters. The number of aliphatic hydroxyl groups is 1. The number of hydrogen-bond donors (Lipinski definition) is 2. The summed E-state index contributed by atoms with van der Waals surface area (Å²) < 4.78 is 16.1. The third-order valence-electron chi connectivity index (χ3n) is 13.5. The summed E-state index contributed by atoms with van der Waals surface area (Å²) in [7, 11) is 2.58. The molecule has 5 heterocycles. The van der Waals surface area contributed by atoms with Gasteiger partial charge in [-0.1, -0.05) is 104 Å². The van der Waals surface area contributed by atoms with Gasteiger partial charge in [0.2, 0.25) is 0 Å². The number of aromatic amines is 1. The van der Waals surface area contributed by atoms with E-state index in [1.54, 1.807) is 37.3 Å². The number of nitrogens with one attached hydrogen (secondary N) is 1. The number of ether oxygens (including phenoxy) is 3. The second-order valence-electron chi connectivity index (χ2n) is 18.9. The molecule has 0 saturated heterocycles. The van der Waals surface area contributed by atoms with Crippen molar-refractivity contribution in [2.24, 2.45) is 38.6 Å². The molecule has 1 aromatic heterocycles. The first-order chi connectivity index (χ1) is 32.0. The molecular formula is C56H68N4O7. The summed E-state index contributed by atoms with van der Waals surface area (Å²) in [4.78, 5) is 58.8. The Morgan fingerprint density at radius 2 is 1.49 bits per heavy atom. The number of rotatable bonds is 20. The van der Waals surface area contributed by atoms with Gasteiger partial charge in [0, 0.05) is 39.3 Å². The average molecular weight is 909 g/mol. The summed E-state index contributed by atoms with van der Waals surface area (Å²) in [6, 6.07) is 0. The highest BCUT2D eigenvalue weighted by atomic mass is 16.5. The number of aliphatic imine (C=N–C) groups is 3. The molecule has 67 heavy (non-hydrogen) atoms. The van der Waals surface area contributed by atoms with Crippen LogP contribution in [0.15, 0.2) is 126 Å². The minimum atomic E-state index is -1.25. The average Bonchev–Trinajstić information content (AvgIpc) is 4.05. The van der Waals surface area contributed by atoms with Gasteiger partial charge in [-0.25, -0.2) is 24.6 Å². The Morgan fingerprint density at radius 1 is 0.806 bits per heavy atom. The lowest BCUT2D eigenvalue weighted by Gasteiger charge is -2.15. The number of esters is 3. The predicted molar refractivity (Wildman–Crippen MR) is 270 cm³/mol. The van der Waals surface area contributed by atoms with Gasteiger partial charge >= 0.3 is 17.9 Å². The van der Waals surface area contributed by atoms with Gasteiger partial charge in [-0.3, -0.25) is 4.79 Å². The Kier molecular flexibility index (Phi) is 16.4. The van der Waals surface area contributed by atoms with E-state index in [0.717, 1.165) is 35.8 Å². The zero-order valence-electron chi connectivity index (χ0n) is 41.2. The maximum absolute atomic E-state index is 13.6. The Hall–Kier alpha value is -6.36. The van der Waals surface area contributed by atoms with Crippen LogP contribution in [0.4, 0.5) is 0 Å². The number of carbonyl (C=O) groups is 3. The molecule has 11 nitrogen and oxygen atoms in total. The topological polar surface area (TPSA) is 152 Å². The van der Waals surface area contributed by atoms with E-state index in [-0.39, 0.29) is 17.9 Å². The van der Waals surface area contributed by atoms with Crippen LogP contribution >= 0.6 is 0 Å². The maximum atomic E-state index is 13.6. The third kappa shape index (κ3) is 10.9. The lowest BCUT2D eigenvalue weighted by atomic mass is 9.91. The summed E-state index contributed by atoms with van der Waals surface area (Å²) in [6.07, 6.45) is 24.7. The van der Waals surface area contributed by atoms with Crippen LogP contribution in [0.3, 0.4) is 0 Å². The van der Waals surface area contributed by atoms with Gasteiger partial charge in [0.1, 0.15) is 18.3 Å². The van der Waals surface area contributed by atoms with Gasteiger partial charge in [-0.2, -0.15) is 0 Å². The van der Waals surface area contributed by atoms with Crippen LogP contribution in [0.1, 0.15) is 129 Å². The number of allylic oxidation sites excluding steroid dienone is 10. The SMILES string of the molecule is C=CC1=C(C)C2=CC3=NC(=C4C5=NC(=C(C)C5=C(O)[C@@H]4C(=O)OC)C=c4[nH]c(c(C(=O)OC)c4C=C)=CC1=N2)C(/C=C/C(=O)OC/C=C(\C)CCC[C@H](C)CCC[C@H](C)CCCC(C)C)=C3C. The fourth-order valence-electron chi connectivity index (χ4n) is 9.46. The van der Waals surface area contributed by atoms with Gasteiger partial charge < -0.3 is 24.3 Å². The summed E-state index contributed by atoms with van der Waals surface area (Å²) in [5.41, 5.74) is 8.80. The molecule has 11 heteroatoms. The number of H-pyrrole nitrogens is 1. The molecule has 354 valence electrons. The molecule has 0 spiro atoms. The van der Waals surface area contributed by atoms with Crippen molar-refractivity contribution in [2.75, 3.05) is 20.8 Å². The van der Waals surface area contributed by atoms with Gasteiger partial charge in [0.05, 0.1) is 59.4 Å². The Labute approximate surface area is 396 Å². The van der Waals surface area contributed by atoms with Crippen LogP contribution < -0.4 is 10.7 Å². The van der Waals surface area contributed by atoms with Gasteiger partial charge in [-0.15, -0.1) is 0 Å². The molecule has 1 aliphatic carbocycles. The van der Waals surface area contributed by atoms with Crippen LogP contribution in [0, 0.1) is 23.7 Å². The highest BCUT2D eigenvalue weighted by Gasteiger charge is 2.47. The van der Waals surface area contributed by atoms with Crippen LogP contribution in [-0.4, -0.2) is 66.0 Å². The summed E-state index contributed by atoms with van der Waals surface area (Å²) >= 11 is 0. The zero-order chi connectivity index (χ0) is 48.7.